The number of aliphatic hydroxyl groups is 2. The Hall–Kier alpha value is -0.380. The number of fused-ring (bicyclic) bond motifs is 1. The maximum Gasteiger partial charge on any atom is 0.0746 e. The van der Waals surface area contributed by atoms with E-state index >= 15 is 0 Å². The average molecular weight is 155 g/mol. The van der Waals surface area contributed by atoms with E-state index in [0.717, 1.165) is 25.1 Å². The van der Waals surface area contributed by atoms with Crippen molar-refractivity contribution >= 4 is 0 Å². The first-order chi connectivity index (χ1) is 5.33. The van der Waals surface area contributed by atoms with Crippen molar-refractivity contribution in [2.45, 2.75) is 18.6 Å². The number of nitrogens with zero attached hydrogens (tertiary/aromatic N) is 1. The standard InChI is InChI=1S/C8H13NO2/c10-5-6-1-3-9-4-2-7(11)8(6)9/h1,7-8,10-11H,2-5H2/t7-,8+/m1/s1. The van der Waals surface area contributed by atoms with E-state index in [0.29, 0.717) is 0 Å². The van der Waals surface area contributed by atoms with Crippen molar-refractivity contribution in [2.75, 3.05) is 19.7 Å². The molecular formula is C8H13NO2. The first kappa shape index (κ1) is 7.28. The maximum atomic E-state index is 9.51. The smallest absolute Gasteiger partial charge is 0.0746 e. The molecule has 0 aromatic carbocycles. The van der Waals surface area contributed by atoms with Gasteiger partial charge >= 0.3 is 0 Å². The molecule has 0 aromatic rings. The molecule has 2 aliphatic heterocycles. The van der Waals surface area contributed by atoms with E-state index in [9.17, 15) is 5.11 Å². The molecule has 0 aromatic heterocycles. The van der Waals surface area contributed by atoms with Crippen LogP contribution >= 0.6 is 0 Å². The van der Waals surface area contributed by atoms with Gasteiger partial charge in [-0.3, -0.25) is 4.90 Å². The first-order valence-corrected chi connectivity index (χ1v) is 4.05. The second kappa shape index (κ2) is 2.59. The summed E-state index contributed by atoms with van der Waals surface area (Å²) in [6.45, 7) is 1.96. The molecule has 11 heavy (non-hydrogen) atoms. The summed E-state index contributed by atoms with van der Waals surface area (Å²) >= 11 is 0. The highest BCUT2D eigenvalue weighted by atomic mass is 16.3. The Morgan fingerprint density at radius 3 is 3.18 bits per heavy atom. The predicted molar refractivity (Wildman–Crippen MR) is 41.2 cm³/mol. The lowest BCUT2D eigenvalue weighted by atomic mass is 10.1. The van der Waals surface area contributed by atoms with E-state index in [-0.39, 0.29) is 18.8 Å². The summed E-state index contributed by atoms with van der Waals surface area (Å²) < 4.78 is 0. The molecular weight excluding hydrogens is 142 g/mol. The van der Waals surface area contributed by atoms with Gasteiger partial charge in [-0.05, 0) is 12.0 Å². The van der Waals surface area contributed by atoms with Crippen LogP contribution in [0.25, 0.3) is 0 Å². The van der Waals surface area contributed by atoms with Gasteiger partial charge < -0.3 is 10.2 Å². The third-order valence-corrected chi connectivity index (χ3v) is 2.62. The highest BCUT2D eigenvalue weighted by Crippen LogP contribution is 2.28. The number of rotatable bonds is 1. The lowest BCUT2D eigenvalue weighted by molar-refractivity contribution is 0.140. The summed E-state index contributed by atoms with van der Waals surface area (Å²) in [5, 5.41) is 18.4. The Balaban J connectivity index is 2.15. The van der Waals surface area contributed by atoms with Gasteiger partial charge in [0.2, 0.25) is 0 Å². The molecule has 0 bridgehead atoms. The number of aliphatic hydroxyl groups excluding tert-OH is 2. The third kappa shape index (κ3) is 1.00. The molecule has 2 aliphatic rings. The van der Waals surface area contributed by atoms with E-state index in [1.807, 2.05) is 6.08 Å². The van der Waals surface area contributed by atoms with E-state index in [1.165, 1.54) is 0 Å². The lowest BCUT2D eigenvalue weighted by Gasteiger charge is -2.19. The molecule has 2 atom stereocenters. The quantitative estimate of drug-likeness (QED) is 0.495. The number of hydrogen-bond donors (Lipinski definition) is 2. The van der Waals surface area contributed by atoms with Gasteiger partial charge in [0.1, 0.15) is 0 Å². The lowest BCUT2D eigenvalue weighted by Crippen LogP contribution is -2.32. The van der Waals surface area contributed by atoms with Crippen LogP contribution in [-0.4, -0.2) is 47.0 Å². The minimum atomic E-state index is -0.254. The molecule has 0 unspecified atom stereocenters. The van der Waals surface area contributed by atoms with Gasteiger partial charge in [0.25, 0.3) is 0 Å². The van der Waals surface area contributed by atoms with Crippen LogP contribution in [0.1, 0.15) is 6.42 Å². The summed E-state index contributed by atoms with van der Waals surface area (Å²) in [6, 6.07) is 0.125. The molecule has 0 amide bonds. The highest BCUT2D eigenvalue weighted by molar-refractivity contribution is 5.22. The molecule has 2 N–H and O–H groups in total. The molecule has 0 radical (unpaired) electrons. The van der Waals surface area contributed by atoms with Crippen molar-refractivity contribution < 1.29 is 10.2 Å². The predicted octanol–water partition coefficient (Wildman–Crippen LogP) is -0.646. The van der Waals surface area contributed by atoms with E-state index < -0.39 is 0 Å². The fraction of sp³-hybridized carbons (Fsp3) is 0.750. The summed E-state index contributed by atoms with van der Waals surface area (Å²) in [7, 11) is 0. The normalized spacial score (nSPS) is 37.5. The fourth-order valence-corrected chi connectivity index (χ4v) is 2.04. The van der Waals surface area contributed by atoms with Crippen molar-refractivity contribution in [3.63, 3.8) is 0 Å². The van der Waals surface area contributed by atoms with Crippen molar-refractivity contribution in [2.24, 2.45) is 0 Å². The highest BCUT2D eigenvalue weighted by Gasteiger charge is 2.37. The molecule has 2 rings (SSSR count). The van der Waals surface area contributed by atoms with Crippen LogP contribution in [-0.2, 0) is 0 Å². The summed E-state index contributed by atoms with van der Waals surface area (Å²) in [5.41, 5.74) is 0.995. The van der Waals surface area contributed by atoms with Gasteiger partial charge in [-0.2, -0.15) is 0 Å². The third-order valence-electron chi connectivity index (χ3n) is 2.62. The second-order valence-corrected chi connectivity index (χ2v) is 3.23. The monoisotopic (exact) mass is 155 g/mol. The second-order valence-electron chi connectivity index (χ2n) is 3.23. The molecule has 0 spiro atoms. The maximum absolute atomic E-state index is 9.51. The zero-order valence-electron chi connectivity index (χ0n) is 6.40. The summed E-state index contributed by atoms with van der Waals surface area (Å²) in [5.74, 6) is 0. The Morgan fingerprint density at radius 1 is 1.64 bits per heavy atom. The fourth-order valence-electron chi connectivity index (χ4n) is 2.04. The summed E-state index contributed by atoms with van der Waals surface area (Å²) in [6.07, 6.45) is 2.62. The number of hydrogen-bond acceptors (Lipinski definition) is 3. The molecule has 3 nitrogen and oxygen atoms in total. The molecule has 0 aliphatic carbocycles. The zero-order chi connectivity index (χ0) is 7.84. The van der Waals surface area contributed by atoms with Gasteiger partial charge in [-0.15, -0.1) is 0 Å². The van der Waals surface area contributed by atoms with Crippen molar-refractivity contribution in [1.29, 1.82) is 0 Å². The topological polar surface area (TPSA) is 43.7 Å². The van der Waals surface area contributed by atoms with Crippen LogP contribution in [0.3, 0.4) is 0 Å². The molecule has 2 heterocycles. The van der Waals surface area contributed by atoms with Gasteiger partial charge in [0.05, 0.1) is 18.8 Å². The first-order valence-electron chi connectivity index (χ1n) is 4.05. The minimum absolute atomic E-state index is 0.0955. The largest absolute Gasteiger partial charge is 0.392 e. The van der Waals surface area contributed by atoms with Crippen LogP contribution < -0.4 is 0 Å². The molecule has 3 heteroatoms. The van der Waals surface area contributed by atoms with Gasteiger partial charge in [0.15, 0.2) is 0 Å². The molecule has 0 saturated carbocycles. The Labute approximate surface area is 65.9 Å². The van der Waals surface area contributed by atoms with Crippen LogP contribution in [0.5, 0.6) is 0 Å². The molecule has 1 fully saturated rings. The van der Waals surface area contributed by atoms with Crippen LogP contribution in [0.2, 0.25) is 0 Å². The Morgan fingerprint density at radius 2 is 2.45 bits per heavy atom. The van der Waals surface area contributed by atoms with Crippen molar-refractivity contribution in [3.05, 3.63) is 11.6 Å². The van der Waals surface area contributed by atoms with Crippen LogP contribution in [0, 0.1) is 0 Å². The zero-order valence-corrected chi connectivity index (χ0v) is 6.40. The minimum Gasteiger partial charge on any atom is -0.392 e. The van der Waals surface area contributed by atoms with E-state index in [1.54, 1.807) is 0 Å². The summed E-state index contributed by atoms with van der Waals surface area (Å²) in [4.78, 5) is 2.20. The van der Waals surface area contributed by atoms with Gasteiger partial charge in [-0.25, -0.2) is 0 Å². The average Bonchev–Trinajstić information content (AvgIpc) is 2.54. The van der Waals surface area contributed by atoms with E-state index in [4.69, 9.17) is 5.11 Å². The van der Waals surface area contributed by atoms with Crippen LogP contribution in [0.4, 0.5) is 0 Å². The SMILES string of the molecule is OCC1=CCN2CC[C@@H](O)[C@H]12. The molecule has 1 saturated heterocycles. The van der Waals surface area contributed by atoms with Crippen molar-refractivity contribution in [1.82, 2.24) is 4.90 Å². The van der Waals surface area contributed by atoms with Gasteiger partial charge in [-0.1, -0.05) is 6.08 Å². The Kier molecular flexibility index (Phi) is 1.71. The van der Waals surface area contributed by atoms with Crippen LogP contribution in [0.15, 0.2) is 11.6 Å². The van der Waals surface area contributed by atoms with Crippen molar-refractivity contribution in [3.8, 4) is 0 Å². The molecule has 62 valence electrons. The van der Waals surface area contributed by atoms with Gasteiger partial charge in [0, 0.05) is 13.1 Å². The van der Waals surface area contributed by atoms with E-state index in [2.05, 4.69) is 4.90 Å². The Bertz CT molecular complexity index is 191.